The molecule has 2 aromatic heterocycles. The minimum atomic E-state index is -1.26. The third-order valence-electron chi connectivity index (χ3n) is 5.52. The molecule has 0 saturated carbocycles. The van der Waals surface area contributed by atoms with Crippen LogP contribution in [0.2, 0.25) is 5.02 Å². The number of thiazole rings is 1. The molecule has 210 valence electrons. The maximum absolute atomic E-state index is 11.4. The van der Waals surface area contributed by atoms with Gasteiger partial charge in [-0.3, -0.25) is 0 Å². The van der Waals surface area contributed by atoms with E-state index in [4.69, 9.17) is 31.9 Å². The number of nitrogens with two attached hydrogens (primary N) is 1. The summed E-state index contributed by atoms with van der Waals surface area (Å²) in [6, 6.07) is 18.3. The number of carboxylic acids is 1. The summed E-state index contributed by atoms with van der Waals surface area (Å²) in [6.45, 7) is -0.0679. The van der Waals surface area contributed by atoms with Gasteiger partial charge in [-0.25, -0.2) is 19.6 Å². The van der Waals surface area contributed by atoms with Gasteiger partial charge in [0.15, 0.2) is 0 Å². The highest BCUT2D eigenvalue weighted by molar-refractivity contribution is 7.98. The number of halogens is 1. The molecule has 0 aliphatic heterocycles. The molecule has 0 radical (unpaired) electrons. The van der Waals surface area contributed by atoms with E-state index in [2.05, 4.69) is 22.1 Å². The molecule has 0 spiro atoms. The lowest BCUT2D eigenvalue weighted by Gasteiger charge is -2.13. The van der Waals surface area contributed by atoms with Gasteiger partial charge in [-0.15, -0.1) is 11.3 Å². The van der Waals surface area contributed by atoms with E-state index < -0.39 is 11.9 Å². The van der Waals surface area contributed by atoms with Crippen molar-refractivity contribution in [1.82, 2.24) is 9.97 Å². The summed E-state index contributed by atoms with van der Waals surface area (Å²) in [4.78, 5) is 30.9. The summed E-state index contributed by atoms with van der Waals surface area (Å²) < 4.78 is 10.4. The Morgan fingerprint density at radius 1 is 1.00 bits per heavy atom. The van der Waals surface area contributed by atoms with E-state index in [0.29, 0.717) is 38.8 Å². The molecule has 10 nitrogen and oxygen atoms in total. The molecule has 4 rings (SSSR count). The van der Waals surface area contributed by atoms with Crippen molar-refractivity contribution >= 4 is 52.5 Å². The molecule has 0 saturated heterocycles. The van der Waals surface area contributed by atoms with Crippen molar-refractivity contribution in [3.63, 3.8) is 0 Å². The number of pyridine rings is 1. The van der Waals surface area contributed by atoms with Crippen LogP contribution in [0.3, 0.4) is 0 Å². The maximum Gasteiger partial charge on any atom is 0.331 e. The second-order valence-electron chi connectivity index (χ2n) is 8.30. The fraction of sp³-hybridized carbons (Fsp3) is 0.103. The Morgan fingerprint density at radius 2 is 1.69 bits per heavy atom. The lowest BCUT2D eigenvalue weighted by Crippen LogP contribution is -2.10. The first-order valence-electron chi connectivity index (χ1n) is 12.1. The Bertz CT molecular complexity index is 1730. The van der Waals surface area contributed by atoms with Crippen molar-refractivity contribution in [2.45, 2.75) is 10.8 Å². The Kier molecular flexibility index (Phi) is 10.1. The lowest BCUT2D eigenvalue weighted by molar-refractivity contribution is -0.139. The highest BCUT2D eigenvalue weighted by atomic mass is 35.5. The smallest absolute Gasteiger partial charge is 0.331 e. The van der Waals surface area contributed by atoms with Gasteiger partial charge in [0, 0.05) is 39.4 Å². The van der Waals surface area contributed by atoms with Crippen molar-refractivity contribution in [3.8, 4) is 39.6 Å². The summed E-state index contributed by atoms with van der Waals surface area (Å²) in [5, 5.41) is 32.2. The molecule has 0 amide bonds. The SMILES string of the molecule is N#Cc1c(N)nc(SCc2csc(-c3ccc(Cl)cc3)n2)c(C#N)c1-c1ccc(OCCOC(=O)C=CC(=O)O)cc1. The average molecular weight is 618 g/mol. The van der Waals surface area contributed by atoms with Crippen molar-refractivity contribution in [3.05, 3.63) is 87.9 Å². The van der Waals surface area contributed by atoms with Gasteiger partial charge in [-0.1, -0.05) is 47.6 Å². The van der Waals surface area contributed by atoms with E-state index in [1.165, 1.54) is 23.1 Å². The van der Waals surface area contributed by atoms with Crippen LogP contribution in [0, 0.1) is 22.7 Å². The largest absolute Gasteiger partial charge is 0.490 e. The number of carbonyl (C=O) groups is 2. The summed E-state index contributed by atoms with van der Waals surface area (Å²) in [5.74, 6) is -1.17. The molecule has 42 heavy (non-hydrogen) atoms. The number of hydrogen-bond acceptors (Lipinski definition) is 11. The lowest BCUT2D eigenvalue weighted by atomic mass is 9.97. The van der Waals surface area contributed by atoms with Crippen molar-refractivity contribution in [2.75, 3.05) is 18.9 Å². The number of nitrogens with zero attached hydrogens (tertiary/aromatic N) is 4. The van der Waals surface area contributed by atoms with Crippen LogP contribution in [-0.4, -0.2) is 40.2 Å². The second kappa shape index (κ2) is 14.1. The van der Waals surface area contributed by atoms with Crippen LogP contribution in [0.25, 0.3) is 21.7 Å². The second-order valence-corrected chi connectivity index (χ2v) is 10.6. The normalized spacial score (nSPS) is 10.6. The molecule has 0 aliphatic carbocycles. The first kappa shape index (κ1) is 30.1. The van der Waals surface area contributed by atoms with Gasteiger partial charge in [-0.2, -0.15) is 10.5 Å². The number of carbonyl (C=O) groups excluding carboxylic acids is 1. The summed E-state index contributed by atoms with van der Waals surface area (Å²) >= 11 is 8.77. The Hall–Kier alpha value is -4.88. The van der Waals surface area contributed by atoms with Gasteiger partial charge < -0.3 is 20.3 Å². The molecule has 0 atom stereocenters. The van der Waals surface area contributed by atoms with Gasteiger partial charge in [0.1, 0.15) is 52.5 Å². The van der Waals surface area contributed by atoms with Gasteiger partial charge in [0.05, 0.1) is 11.3 Å². The number of carboxylic acid groups (broad SMARTS) is 1. The van der Waals surface area contributed by atoms with Crippen LogP contribution in [-0.2, 0) is 20.1 Å². The molecule has 2 aromatic carbocycles. The standard InChI is InChI=1S/C29H20ClN5O5S2/c30-19-5-1-18(2-6-19)28-34-20(15-41-28)16-42-29-23(14-32)26(22(13-31)27(33)35-29)17-3-7-21(8-4-17)39-11-12-40-25(38)10-9-24(36)37/h1-10,15H,11-12,16H2,(H2,33,35)(H,36,37). The molecule has 4 aromatic rings. The summed E-state index contributed by atoms with van der Waals surface area (Å²) in [6.07, 6.45) is 1.49. The van der Waals surface area contributed by atoms with Crippen LogP contribution in [0.15, 0.2) is 71.1 Å². The minimum absolute atomic E-state index is 0.00761. The predicted molar refractivity (Wildman–Crippen MR) is 159 cm³/mol. The number of esters is 1. The van der Waals surface area contributed by atoms with E-state index in [-0.39, 0.29) is 30.2 Å². The van der Waals surface area contributed by atoms with Gasteiger partial charge in [0.25, 0.3) is 0 Å². The number of aromatic nitrogens is 2. The summed E-state index contributed by atoms with van der Waals surface area (Å²) in [7, 11) is 0. The Morgan fingerprint density at radius 3 is 2.36 bits per heavy atom. The van der Waals surface area contributed by atoms with Crippen molar-refractivity contribution < 1.29 is 24.2 Å². The quantitative estimate of drug-likeness (QED) is 0.0913. The van der Waals surface area contributed by atoms with Crippen LogP contribution >= 0.6 is 34.7 Å². The van der Waals surface area contributed by atoms with E-state index in [9.17, 15) is 20.1 Å². The highest BCUT2D eigenvalue weighted by Crippen LogP contribution is 2.37. The zero-order valence-corrected chi connectivity index (χ0v) is 24.0. The fourth-order valence-corrected chi connectivity index (χ4v) is 5.58. The number of aliphatic carboxylic acids is 1. The molecule has 0 aliphatic rings. The van der Waals surface area contributed by atoms with Crippen molar-refractivity contribution in [1.29, 1.82) is 10.5 Å². The van der Waals surface area contributed by atoms with E-state index in [1.807, 2.05) is 17.5 Å². The first-order chi connectivity index (χ1) is 20.3. The monoisotopic (exact) mass is 617 g/mol. The van der Waals surface area contributed by atoms with Crippen LogP contribution in [0.5, 0.6) is 5.75 Å². The Balaban J connectivity index is 1.48. The maximum atomic E-state index is 11.4. The molecule has 0 fully saturated rings. The number of benzene rings is 2. The van der Waals surface area contributed by atoms with Crippen LogP contribution in [0.1, 0.15) is 16.8 Å². The number of anilines is 1. The van der Waals surface area contributed by atoms with Gasteiger partial charge in [0.2, 0.25) is 0 Å². The Labute approximate surface area is 253 Å². The number of rotatable bonds is 11. The van der Waals surface area contributed by atoms with Crippen LogP contribution in [0.4, 0.5) is 5.82 Å². The zero-order valence-electron chi connectivity index (χ0n) is 21.6. The third kappa shape index (κ3) is 7.65. The third-order valence-corrected chi connectivity index (χ3v) is 7.72. The number of thioether (sulfide) groups is 1. The number of hydrogen-bond donors (Lipinski definition) is 2. The van der Waals surface area contributed by atoms with Crippen LogP contribution < -0.4 is 10.5 Å². The topological polar surface area (TPSA) is 172 Å². The number of nitrogen functional groups attached to an aromatic ring is 1. The molecule has 0 unspecified atom stereocenters. The molecule has 0 bridgehead atoms. The molecule has 2 heterocycles. The average Bonchev–Trinajstić information content (AvgIpc) is 3.46. The number of nitriles is 2. The molecular weight excluding hydrogens is 598 g/mol. The minimum Gasteiger partial charge on any atom is -0.490 e. The number of ether oxygens (including phenoxy) is 2. The highest BCUT2D eigenvalue weighted by Gasteiger charge is 2.21. The van der Waals surface area contributed by atoms with Crippen molar-refractivity contribution in [2.24, 2.45) is 0 Å². The predicted octanol–water partition coefficient (Wildman–Crippen LogP) is 5.71. The molecule has 3 N–H and O–H groups in total. The molecule has 13 heteroatoms. The van der Waals surface area contributed by atoms with E-state index in [0.717, 1.165) is 22.3 Å². The van der Waals surface area contributed by atoms with Gasteiger partial charge >= 0.3 is 11.9 Å². The fourth-order valence-electron chi connectivity index (χ4n) is 3.64. The molecular formula is C29H20ClN5O5S2. The first-order valence-corrected chi connectivity index (χ1v) is 14.3. The van der Waals surface area contributed by atoms with E-state index in [1.54, 1.807) is 36.4 Å². The zero-order chi connectivity index (χ0) is 30.1. The van der Waals surface area contributed by atoms with Gasteiger partial charge in [-0.05, 0) is 29.8 Å². The van der Waals surface area contributed by atoms with E-state index >= 15 is 0 Å². The summed E-state index contributed by atoms with van der Waals surface area (Å²) in [5.41, 5.74) is 9.12.